The highest BCUT2D eigenvalue weighted by atomic mass is 19.3. The van der Waals surface area contributed by atoms with Gasteiger partial charge in [0, 0.05) is 24.2 Å². The first kappa shape index (κ1) is 14.3. The zero-order valence-corrected chi connectivity index (χ0v) is 9.86. The van der Waals surface area contributed by atoms with Crippen molar-refractivity contribution in [1.82, 2.24) is 5.32 Å². The van der Waals surface area contributed by atoms with Crippen LogP contribution in [0.2, 0.25) is 0 Å². The first-order chi connectivity index (χ1) is 8.54. The second kappa shape index (κ2) is 6.85. The molecule has 0 bridgehead atoms. The Kier molecular flexibility index (Phi) is 5.44. The van der Waals surface area contributed by atoms with Crippen molar-refractivity contribution in [3.63, 3.8) is 0 Å². The predicted octanol–water partition coefficient (Wildman–Crippen LogP) is 2.35. The quantitative estimate of drug-likeness (QED) is 0.603. The van der Waals surface area contributed by atoms with Crippen molar-refractivity contribution in [1.29, 1.82) is 0 Å². The summed E-state index contributed by atoms with van der Waals surface area (Å²) in [6, 6.07) is 3.90. The van der Waals surface area contributed by atoms with Gasteiger partial charge >= 0.3 is 0 Å². The normalized spacial score (nSPS) is 10.7. The fourth-order valence-electron chi connectivity index (χ4n) is 1.37. The molecule has 0 aromatic heterocycles. The number of ether oxygens (including phenoxy) is 1. The highest BCUT2D eigenvalue weighted by Gasteiger charge is 2.13. The van der Waals surface area contributed by atoms with E-state index in [4.69, 9.17) is 4.74 Å². The number of non-ortho nitro benzene ring substituents is 1. The van der Waals surface area contributed by atoms with Crippen molar-refractivity contribution >= 4 is 5.69 Å². The average molecular weight is 260 g/mol. The molecule has 1 rings (SSSR count). The molecule has 0 saturated heterocycles. The van der Waals surface area contributed by atoms with Crippen LogP contribution >= 0.6 is 0 Å². The number of halogens is 2. The summed E-state index contributed by atoms with van der Waals surface area (Å²) >= 11 is 0. The van der Waals surface area contributed by atoms with E-state index in [-0.39, 0.29) is 11.4 Å². The van der Waals surface area contributed by atoms with Crippen LogP contribution in [0.5, 0.6) is 5.75 Å². The van der Waals surface area contributed by atoms with Gasteiger partial charge in [0.25, 0.3) is 12.1 Å². The molecule has 5 nitrogen and oxygen atoms in total. The molecule has 1 N–H and O–H groups in total. The standard InChI is InChI=1S/C11H14F2N2O3/c1-2-14-6-8-5-9(15(16)17)3-4-10(8)18-7-11(12)13/h3-5,11,14H,2,6-7H2,1H3. The third-order valence-corrected chi connectivity index (χ3v) is 2.19. The maximum absolute atomic E-state index is 12.1. The highest BCUT2D eigenvalue weighted by molar-refractivity contribution is 5.43. The molecule has 0 unspecified atom stereocenters. The van der Waals surface area contributed by atoms with Crippen LogP contribution in [0.25, 0.3) is 0 Å². The summed E-state index contributed by atoms with van der Waals surface area (Å²) in [5, 5.41) is 13.6. The van der Waals surface area contributed by atoms with Crippen molar-refractivity contribution < 1.29 is 18.4 Å². The number of nitro benzene ring substituents is 1. The molecule has 18 heavy (non-hydrogen) atoms. The Bertz CT molecular complexity index is 413. The van der Waals surface area contributed by atoms with E-state index in [1.54, 1.807) is 0 Å². The zero-order chi connectivity index (χ0) is 13.5. The fraction of sp³-hybridized carbons (Fsp3) is 0.455. The average Bonchev–Trinajstić information content (AvgIpc) is 2.33. The van der Waals surface area contributed by atoms with Gasteiger partial charge in [-0.05, 0) is 12.6 Å². The van der Waals surface area contributed by atoms with Gasteiger partial charge < -0.3 is 10.1 Å². The van der Waals surface area contributed by atoms with Crippen LogP contribution in [0.3, 0.4) is 0 Å². The third-order valence-electron chi connectivity index (χ3n) is 2.19. The lowest BCUT2D eigenvalue weighted by Crippen LogP contribution is -2.14. The second-order valence-electron chi connectivity index (χ2n) is 3.53. The van der Waals surface area contributed by atoms with E-state index < -0.39 is 18.0 Å². The molecule has 0 fully saturated rings. The Morgan fingerprint density at radius 3 is 2.78 bits per heavy atom. The van der Waals surface area contributed by atoms with Crippen molar-refractivity contribution in [2.45, 2.75) is 19.9 Å². The summed E-state index contributed by atoms with van der Waals surface area (Å²) in [6.07, 6.45) is -2.58. The number of alkyl halides is 2. The molecular weight excluding hydrogens is 246 g/mol. The SMILES string of the molecule is CCNCc1cc([N+](=O)[O-])ccc1OCC(F)F. The molecule has 1 aromatic rings. The van der Waals surface area contributed by atoms with Gasteiger partial charge in [0.15, 0.2) is 0 Å². The predicted molar refractivity (Wildman–Crippen MR) is 62.0 cm³/mol. The van der Waals surface area contributed by atoms with Gasteiger partial charge in [-0.15, -0.1) is 0 Å². The molecule has 0 radical (unpaired) electrons. The van der Waals surface area contributed by atoms with E-state index in [9.17, 15) is 18.9 Å². The minimum atomic E-state index is -2.58. The first-order valence-corrected chi connectivity index (χ1v) is 5.43. The van der Waals surface area contributed by atoms with Gasteiger partial charge in [-0.3, -0.25) is 10.1 Å². The number of hydrogen-bond acceptors (Lipinski definition) is 4. The molecule has 1 aromatic carbocycles. The molecule has 0 heterocycles. The van der Waals surface area contributed by atoms with Crippen molar-refractivity contribution in [2.75, 3.05) is 13.2 Å². The van der Waals surface area contributed by atoms with Gasteiger partial charge in [-0.25, -0.2) is 8.78 Å². The van der Waals surface area contributed by atoms with Crippen LogP contribution in [0.15, 0.2) is 18.2 Å². The second-order valence-corrected chi connectivity index (χ2v) is 3.53. The lowest BCUT2D eigenvalue weighted by atomic mass is 10.1. The monoisotopic (exact) mass is 260 g/mol. The summed E-state index contributed by atoms with van der Waals surface area (Å²) in [7, 11) is 0. The number of hydrogen-bond donors (Lipinski definition) is 1. The Labute approximate surface area is 103 Å². The van der Waals surface area contributed by atoms with Crippen molar-refractivity contribution in [3.05, 3.63) is 33.9 Å². The van der Waals surface area contributed by atoms with Crippen LogP contribution < -0.4 is 10.1 Å². The van der Waals surface area contributed by atoms with Gasteiger partial charge in [-0.2, -0.15) is 0 Å². The summed E-state index contributed by atoms with van der Waals surface area (Å²) in [6.45, 7) is 2.14. The van der Waals surface area contributed by atoms with Crippen LogP contribution in [0, 0.1) is 10.1 Å². The maximum Gasteiger partial charge on any atom is 0.272 e. The van der Waals surface area contributed by atoms with Gasteiger partial charge in [0.05, 0.1) is 4.92 Å². The lowest BCUT2D eigenvalue weighted by molar-refractivity contribution is -0.384. The van der Waals surface area contributed by atoms with Crippen molar-refractivity contribution in [2.24, 2.45) is 0 Å². The van der Waals surface area contributed by atoms with Gasteiger partial charge in [0.2, 0.25) is 0 Å². The van der Waals surface area contributed by atoms with E-state index in [1.807, 2.05) is 6.92 Å². The van der Waals surface area contributed by atoms with Gasteiger partial charge in [0.1, 0.15) is 12.4 Å². The van der Waals surface area contributed by atoms with Crippen LogP contribution in [-0.4, -0.2) is 24.5 Å². The molecule has 0 saturated carbocycles. The first-order valence-electron chi connectivity index (χ1n) is 5.43. The number of benzene rings is 1. The smallest absolute Gasteiger partial charge is 0.272 e. The zero-order valence-electron chi connectivity index (χ0n) is 9.86. The van der Waals surface area contributed by atoms with Crippen LogP contribution in [-0.2, 0) is 6.54 Å². The summed E-state index contributed by atoms with van der Waals surface area (Å²) in [4.78, 5) is 10.1. The Morgan fingerprint density at radius 1 is 1.50 bits per heavy atom. The molecular formula is C11H14F2N2O3. The fourth-order valence-corrected chi connectivity index (χ4v) is 1.37. The Morgan fingerprint density at radius 2 is 2.22 bits per heavy atom. The number of nitrogens with zero attached hydrogens (tertiary/aromatic N) is 1. The largest absolute Gasteiger partial charge is 0.487 e. The molecule has 7 heteroatoms. The molecule has 0 spiro atoms. The summed E-state index contributed by atoms with van der Waals surface area (Å²) in [5.74, 6) is 0.238. The number of nitro groups is 1. The maximum atomic E-state index is 12.1. The van der Waals surface area contributed by atoms with Gasteiger partial charge in [-0.1, -0.05) is 6.92 Å². The van der Waals surface area contributed by atoms with E-state index in [2.05, 4.69) is 5.32 Å². The Hall–Kier alpha value is -1.76. The topological polar surface area (TPSA) is 64.4 Å². The van der Waals surface area contributed by atoms with Crippen LogP contribution in [0.4, 0.5) is 14.5 Å². The highest BCUT2D eigenvalue weighted by Crippen LogP contribution is 2.24. The Balaban J connectivity index is 2.89. The van der Waals surface area contributed by atoms with E-state index in [1.165, 1.54) is 18.2 Å². The molecule has 0 aliphatic carbocycles. The summed E-state index contributed by atoms with van der Waals surface area (Å²) < 4.78 is 29.0. The van der Waals surface area contributed by atoms with Crippen molar-refractivity contribution in [3.8, 4) is 5.75 Å². The van der Waals surface area contributed by atoms with E-state index >= 15 is 0 Å². The third kappa shape index (κ3) is 4.25. The molecule has 0 atom stereocenters. The van der Waals surface area contributed by atoms with E-state index in [0.717, 1.165) is 0 Å². The molecule has 0 amide bonds. The molecule has 0 aliphatic heterocycles. The summed E-state index contributed by atoms with van der Waals surface area (Å²) in [5.41, 5.74) is 0.402. The number of rotatable bonds is 7. The minimum absolute atomic E-state index is 0.0905. The molecule has 0 aliphatic rings. The molecule has 100 valence electrons. The van der Waals surface area contributed by atoms with E-state index in [0.29, 0.717) is 18.7 Å². The number of nitrogens with one attached hydrogen (secondary N) is 1. The van der Waals surface area contributed by atoms with Crippen LogP contribution in [0.1, 0.15) is 12.5 Å². The minimum Gasteiger partial charge on any atom is -0.487 e. The lowest BCUT2D eigenvalue weighted by Gasteiger charge is -2.11.